The standard InChI is InChI=1S/C29H24N6O2/c36-17-16-34-27(23-14-8-3-9-15-23)25(22-12-6-2-7-13-22)26-28(34)30-20-35-29(26)32-24(33-35)19-37-31-18-21-10-4-1-5-11-21/h1-15,18,20,36H,16-17,19H2/b31-18+. The van der Waals surface area contributed by atoms with E-state index in [0.29, 0.717) is 18.0 Å². The highest BCUT2D eigenvalue weighted by molar-refractivity contribution is 6.09. The Morgan fingerprint density at radius 3 is 2.22 bits per heavy atom. The fraction of sp³-hybridized carbons (Fsp3) is 0.103. The molecule has 0 unspecified atom stereocenters. The van der Waals surface area contributed by atoms with Gasteiger partial charge in [-0.3, -0.25) is 0 Å². The van der Waals surface area contributed by atoms with Crippen molar-refractivity contribution < 1.29 is 9.94 Å². The molecule has 3 heterocycles. The van der Waals surface area contributed by atoms with Crippen LogP contribution in [0.5, 0.6) is 0 Å². The lowest BCUT2D eigenvalue weighted by Crippen LogP contribution is -2.05. The van der Waals surface area contributed by atoms with E-state index in [1.807, 2.05) is 66.7 Å². The summed E-state index contributed by atoms with van der Waals surface area (Å²) in [6.45, 7) is 0.501. The molecule has 0 saturated carbocycles. The van der Waals surface area contributed by atoms with Crippen LogP contribution in [0.3, 0.4) is 0 Å². The summed E-state index contributed by atoms with van der Waals surface area (Å²) in [5.41, 5.74) is 6.39. The van der Waals surface area contributed by atoms with Gasteiger partial charge in [0.15, 0.2) is 18.1 Å². The van der Waals surface area contributed by atoms with Gasteiger partial charge < -0.3 is 14.5 Å². The van der Waals surface area contributed by atoms with Gasteiger partial charge in [0.25, 0.3) is 0 Å². The highest BCUT2D eigenvalue weighted by Crippen LogP contribution is 2.41. The molecule has 8 heteroatoms. The summed E-state index contributed by atoms with van der Waals surface area (Å²) in [5, 5.41) is 19.4. The van der Waals surface area contributed by atoms with E-state index in [0.717, 1.165) is 39.0 Å². The van der Waals surface area contributed by atoms with Crippen molar-refractivity contribution in [2.75, 3.05) is 6.61 Å². The zero-order valence-corrected chi connectivity index (χ0v) is 20.0. The van der Waals surface area contributed by atoms with E-state index >= 15 is 0 Å². The molecule has 0 saturated heterocycles. The maximum atomic E-state index is 9.94. The minimum absolute atomic E-state index is 0.0180. The van der Waals surface area contributed by atoms with Crippen LogP contribution in [0, 0.1) is 0 Å². The monoisotopic (exact) mass is 488 g/mol. The second-order valence-electron chi connectivity index (χ2n) is 8.49. The summed E-state index contributed by atoms with van der Waals surface area (Å²) >= 11 is 0. The van der Waals surface area contributed by atoms with E-state index in [1.165, 1.54) is 0 Å². The van der Waals surface area contributed by atoms with Crippen molar-refractivity contribution >= 4 is 22.9 Å². The minimum Gasteiger partial charge on any atom is -0.395 e. The van der Waals surface area contributed by atoms with Gasteiger partial charge in [-0.05, 0) is 16.7 Å². The molecule has 37 heavy (non-hydrogen) atoms. The number of oxime groups is 1. The van der Waals surface area contributed by atoms with Crippen LogP contribution in [0.15, 0.2) is 102 Å². The first-order valence-corrected chi connectivity index (χ1v) is 12.0. The van der Waals surface area contributed by atoms with Crippen LogP contribution in [0.4, 0.5) is 0 Å². The van der Waals surface area contributed by atoms with E-state index < -0.39 is 0 Å². The highest BCUT2D eigenvalue weighted by atomic mass is 16.6. The van der Waals surface area contributed by atoms with E-state index in [4.69, 9.17) is 14.8 Å². The van der Waals surface area contributed by atoms with Crippen LogP contribution >= 0.6 is 0 Å². The Kier molecular flexibility index (Phi) is 6.14. The Balaban J connectivity index is 1.49. The Hall–Kier alpha value is -4.82. The van der Waals surface area contributed by atoms with Crippen LogP contribution in [-0.4, -0.2) is 42.1 Å². The van der Waals surface area contributed by atoms with Crippen LogP contribution < -0.4 is 0 Å². The molecule has 0 radical (unpaired) electrons. The topological polar surface area (TPSA) is 89.8 Å². The van der Waals surface area contributed by atoms with Gasteiger partial charge in [0.2, 0.25) is 0 Å². The second-order valence-corrected chi connectivity index (χ2v) is 8.49. The molecule has 0 amide bonds. The van der Waals surface area contributed by atoms with Crippen LogP contribution in [-0.2, 0) is 18.0 Å². The smallest absolute Gasteiger partial charge is 0.192 e. The average Bonchev–Trinajstić information content (AvgIpc) is 3.52. The fourth-order valence-corrected chi connectivity index (χ4v) is 4.57. The lowest BCUT2D eigenvalue weighted by atomic mass is 9.99. The third-order valence-corrected chi connectivity index (χ3v) is 6.13. The van der Waals surface area contributed by atoms with Gasteiger partial charge in [0.05, 0.1) is 23.9 Å². The van der Waals surface area contributed by atoms with Gasteiger partial charge in [-0.2, -0.15) is 0 Å². The number of hydrogen-bond donors (Lipinski definition) is 1. The number of aliphatic hydroxyl groups excluding tert-OH is 1. The van der Waals surface area contributed by atoms with Crippen molar-refractivity contribution in [1.29, 1.82) is 0 Å². The predicted molar refractivity (Wildman–Crippen MR) is 143 cm³/mol. The van der Waals surface area contributed by atoms with Crippen LogP contribution in [0.25, 0.3) is 39.1 Å². The number of rotatable bonds is 8. The van der Waals surface area contributed by atoms with Gasteiger partial charge in [-0.1, -0.05) is 96.2 Å². The summed E-state index contributed by atoms with van der Waals surface area (Å²) in [4.78, 5) is 15.1. The first kappa shape index (κ1) is 22.6. The maximum Gasteiger partial charge on any atom is 0.192 e. The molecule has 0 atom stereocenters. The molecule has 0 fully saturated rings. The molecule has 3 aromatic heterocycles. The van der Waals surface area contributed by atoms with E-state index in [9.17, 15) is 5.11 Å². The molecule has 0 aliphatic carbocycles. The normalized spacial score (nSPS) is 11.6. The third kappa shape index (κ3) is 4.34. The molecule has 3 aromatic carbocycles. The summed E-state index contributed by atoms with van der Waals surface area (Å²) in [6, 6.07) is 30.1. The molecule has 0 bridgehead atoms. The Labute approximate surface area is 213 Å². The molecule has 0 aliphatic rings. The van der Waals surface area contributed by atoms with Gasteiger partial charge in [-0.15, -0.1) is 5.10 Å². The Bertz CT molecular complexity index is 1680. The molecule has 182 valence electrons. The Morgan fingerprint density at radius 1 is 0.838 bits per heavy atom. The second kappa shape index (κ2) is 10.0. The molecular formula is C29H24N6O2. The lowest BCUT2D eigenvalue weighted by Gasteiger charge is -2.11. The quantitative estimate of drug-likeness (QED) is 0.242. The van der Waals surface area contributed by atoms with Crippen molar-refractivity contribution in [2.45, 2.75) is 13.2 Å². The summed E-state index contributed by atoms with van der Waals surface area (Å²) in [5.74, 6) is 0.495. The molecule has 6 aromatic rings. The number of benzene rings is 3. The number of hydrogen-bond acceptors (Lipinski definition) is 6. The molecular weight excluding hydrogens is 464 g/mol. The number of aromatic nitrogens is 5. The van der Waals surface area contributed by atoms with E-state index in [-0.39, 0.29) is 13.2 Å². The molecule has 0 spiro atoms. The molecule has 1 N–H and O–H groups in total. The van der Waals surface area contributed by atoms with Crippen molar-refractivity contribution in [1.82, 2.24) is 24.1 Å². The van der Waals surface area contributed by atoms with Crippen molar-refractivity contribution in [3.05, 3.63) is 109 Å². The SMILES string of the molecule is OCCn1c(-c2ccccc2)c(-c2ccccc2)c2c1ncn1nc(CO/N=C/c3ccccc3)nc21. The molecule has 6 rings (SSSR count). The van der Waals surface area contributed by atoms with Crippen molar-refractivity contribution in [3.8, 4) is 22.4 Å². The largest absolute Gasteiger partial charge is 0.395 e. The van der Waals surface area contributed by atoms with Gasteiger partial charge >= 0.3 is 0 Å². The number of aliphatic hydroxyl groups is 1. The first-order chi connectivity index (χ1) is 18.3. The van der Waals surface area contributed by atoms with Crippen LogP contribution in [0.2, 0.25) is 0 Å². The van der Waals surface area contributed by atoms with Gasteiger partial charge in [0, 0.05) is 12.1 Å². The Morgan fingerprint density at radius 2 is 1.51 bits per heavy atom. The summed E-state index contributed by atoms with van der Waals surface area (Å²) < 4.78 is 3.73. The van der Waals surface area contributed by atoms with Gasteiger partial charge in [-0.25, -0.2) is 14.5 Å². The number of fused-ring (bicyclic) bond motifs is 3. The van der Waals surface area contributed by atoms with Crippen LogP contribution in [0.1, 0.15) is 11.4 Å². The van der Waals surface area contributed by atoms with Crippen molar-refractivity contribution in [3.63, 3.8) is 0 Å². The number of nitrogens with zero attached hydrogens (tertiary/aromatic N) is 6. The van der Waals surface area contributed by atoms with Gasteiger partial charge in [0.1, 0.15) is 12.0 Å². The highest BCUT2D eigenvalue weighted by Gasteiger charge is 2.24. The first-order valence-electron chi connectivity index (χ1n) is 12.0. The van der Waals surface area contributed by atoms with Crippen molar-refractivity contribution in [2.24, 2.45) is 5.16 Å². The maximum absolute atomic E-state index is 9.94. The summed E-state index contributed by atoms with van der Waals surface area (Å²) in [7, 11) is 0. The average molecular weight is 489 g/mol. The molecule has 8 nitrogen and oxygen atoms in total. The summed E-state index contributed by atoms with van der Waals surface area (Å²) in [6.07, 6.45) is 3.31. The minimum atomic E-state index is -0.0180. The zero-order valence-electron chi connectivity index (χ0n) is 20.0. The van der Waals surface area contributed by atoms with E-state index in [1.54, 1.807) is 17.1 Å². The zero-order chi connectivity index (χ0) is 25.0. The van der Waals surface area contributed by atoms with E-state index in [2.05, 4.69) is 39.1 Å². The predicted octanol–water partition coefficient (Wildman–Crippen LogP) is 4.96. The third-order valence-electron chi connectivity index (χ3n) is 6.13. The lowest BCUT2D eigenvalue weighted by molar-refractivity contribution is 0.126. The molecule has 0 aliphatic heterocycles. The fourth-order valence-electron chi connectivity index (χ4n) is 4.57.